The van der Waals surface area contributed by atoms with Crippen molar-refractivity contribution in [3.05, 3.63) is 18.0 Å². The largest absolute Gasteiger partial charge is 0.394 e. The molecule has 2 rings (SSSR count). The molecule has 1 fully saturated rings. The summed E-state index contributed by atoms with van der Waals surface area (Å²) in [5, 5.41) is 23.4. The van der Waals surface area contributed by atoms with Gasteiger partial charge in [-0.05, 0) is 33.2 Å². The Morgan fingerprint density at radius 3 is 2.67 bits per heavy atom. The van der Waals surface area contributed by atoms with Crippen LogP contribution in [-0.2, 0) is 6.54 Å². The summed E-state index contributed by atoms with van der Waals surface area (Å²) < 4.78 is 1.94. The van der Waals surface area contributed by atoms with Gasteiger partial charge in [-0.25, -0.2) is 0 Å². The SMILES string of the molecule is CC(C)n1cc(CN2CCCC2(CO)CO)cn1. The summed E-state index contributed by atoms with van der Waals surface area (Å²) in [5.74, 6) is 0. The van der Waals surface area contributed by atoms with Crippen molar-refractivity contribution >= 4 is 0 Å². The first-order valence-electron chi connectivity index (χ1n) is 6.61. The van der Waals surface area contributed by atoms with E-state index < -0.39 is 5.54 Å². The normalized spacial score (nSPS) is 19.8. The molecule has 1 aliphatic rings. The van der Waals surface area contributed by atoms with Crippen LogP contribution >= 0.6 is 0 Å². The summed E-state index contributed by atoms with van der Waals surface area (Å²) in [5.41, 5.74) is 0.691. The van der Waals surface area contributed by atoms with E-state index in [1.54, 1.807) is 0 Å². The van der Waals surface area contributed by atoms with E-state index in [4.69, 9.17) is 0 Å². The van der Waals surface area contributed by atoms with Gasteiger partial charge < -0.3 is 10.2 Å². The molecule has 0 aromatic carbocycles. The zero-order valence-electron chi connectivity index (χ0n) is 11.2. The minimum atomic E-state index is -0.445. The molecule has 18 heavy (non-hydrogen) atoms. The average molecular weight is 253 g/mol. The Hall–Kier alpha value is -0.910. The van der Waals surface area contributed by atoms with E-state index in [2.05, 4.69) is 23.8 Å². The van der Waals surface area contributed by atoms with Crippen LogP contribution in [0.5, 0.6) is 0 Å². The van der Waals surface area contributed by atoms with Gasteiger partial charge in [0, 0.05) is 24.3 Å². The molecule has 0 bridgehead atoms. The fourth-order valence-corrected chi connectivity index (χ4v) is 2.61. The Balaban J connectivity index is 2.08. The van der Waals surface area contributed by atoms with Crippen molar-refractivity contribution in [3.8, 4) is 0 Å². The fourth-order valence-electron chi connectivity index (χ4n) is 2.61. The van der Waals surface area contributed by atoms with Gasteiger partial charge in [-0.3, -0.25) is 9.58 Å². The average Bonchev–Trinajstić information content (AvgIpc) is 2.97. The van der Waals surface area contributed by atoms with E-state index >= 15 is 0 Å². The predicted octanol–water partition coefficient (Wildman–Crippen LogP) is 0.783. The zero-order valence-corrected chi connectivity index (χ0v) is 11.2. The van der Waals surface area contributed by atoms with Gasteiger partial charge in [-0.1, -0.05) is 0 Å². The van der Waals surface area contributed by atoms with Crippen molar-refractivity contribution in [2.45, 2.75) is 44.8 Å². The van der Waals surface area contributed by atoms with Crippen molar-refractivity contribution in [3.63, 3.8) is 0 Å². The molecule has 0 atom stereocenters. The van der Waals surface area contributed by atoms with Crippen LogP contribution in [0, 0.1) is 0 Å². The summed E-state index contributed by atoms with van der Waals surface area (Å²) in [4.78, 5) is 2.18. The maximum Gasteiger partial charge on any atom is 0.0676 e. The van der Waals surface area contributed by atoms with Crippen LogP contribution in [-0.4, -0.2) is 50.2 Å². The molecule has 0 unspecified atom stereocenters. The van der Waals surface area contributed by atoms with Crippen molar-refractivity contribution in [1.29, 1.82) is 0 Å². The molecule has 0 amide bonds. The minimum Gasteiger partial charge on any atom is -0.394 e. The van der Waals surface area contributed by atoms with Crippen LogP contribution in [0.3, 0.4) is 0 Å². The lowest BCUT2D eigenvalue weighted by Gasteiger charge is -2.35. The first kappa shape index (κ1) is 13.5. The Morgan fingerprint density at radius 1 is 1.39 bits per heavy atom. The quantitative estimate of drug-likeness (QED) is 0.814. The van der Waals surface area contributed by atoms with Gasteiger partial charge in [0.15, 0.2) is 0 Å². The molecule has 1 aromatic heterocycles. The molecule has 1 aliphatic heterocycles. The minimum absolute atomic E-state index is 0.0157. The summed E-state index contributed by atoms with van der Waals surface area (Å²) in [6.07, 6.45) is 5.80. The van der Waals surface area contributed by atoms with Crippen LogP contribution in [0.4, 0.5) is 0 Å². The number of aliphatic hydroxyl groups is 2. The predicted molar refractivity (Wildman–Crippen MR) is 69.2 cm³/mol. The van der Waals surface area contributed by atoms with Crippen LogP contribution < -0.4 is 0 Å². The first-order chi connectivity index (χ1) is 8.61. The van der Waals surface area contributed by atoms with Crippen molar-refractivity contribution in [1.82, 2.24) is 14.7 Å². The molecule has 1 aromatic rings. The lowest BCUT2D eigenvalue weighted by Crippen LogP contribution is -2.49. The van der Waals surface area contributed by atoms with E-state index in [0.717, 1.165) is 31.5 Å². The van der Waals surface area contributed by atoms with Gasteiger partial charge in [-0.15, -0.1) is 0 Å². The van der Waals surface area contributed by atoms with Gasteiger partial charge in [-0.2, -0.15) is 5.10 Å². The third-order valence-electron chi connectivity index (χ3n) is 3.89. The van der Waals surface area contributed by atoms with Crippen molar-refractivity contribution < 1.29 is 10.2 Å². The monoisotopic (exact) mass is 253 g/mol. The number of likely N-dealkylation sites (tertiary alicyclic amines) is 1. The summed E-state index contributed by atoms with van der Waals surface area (Å²) in [6, 6.07) is 0.359. The van der Waals surface area contributed by atoms with E-state index in [0.29, 0.717) is 6.04 Å². The molecule has 1 saturated heterocycles. The maximum atomic E-state index is 9.54. The standard InChI is InChI=1S/C13H23N3O2/c1-11(2)16-8-12(6-14-16)7-15-5-3-4-13(15,9-17)10-18/h6,8,11,17-18H,3-5,7,9-10H2,1-2H3. The van der Waals surface area contributed by atoms with E-state index in [9.17, 15) is 10.2 Å². The number of hydrogen-bond donors (Lipinski definition) is 2. The van der Waals surface area contributed by atoms with Gasteiger partial charge >= 0.3 is 0 Å². The highest BCUT2D eigenvalue weighted by atomic mass is 16.3. The molecule has 5 heteroatoms. The lowest BCUT2D eigenvalue weighted by molar-refractivity contribution is 0.0106. The van der Waals surface area contributed by atoms with Crippen molar-refractivity contribution in [2.24, 2.45) is 0 Å². The molecule has 0 radical (unpaired) electrons. The van der Waals surface area contributed by atoms with Gasteiger partial charge in [0.1, 0.15) is 0 Å². The van der Waals surface area contributed by atoms with Gasteiger partial charge in [0.25, 0.3) is 0 Å². The van der Waals surface area contributed by atoms with E-state index in [1.165, 1.54) is 0 Å². The second-order valence-corrected chi connectivity index (χ2v) is 5.49. The third-order valence-corrected chi connectivity index (χ3v) is 3.89. The fraction of sp³-hybridized carbons (Fsp3) is 0.769. The Kier molecular flexibility index (Phi) is 4.04. The number of aromatic nitrogens is 2. The van der Waals surface area contributed by atoms with E-state index in [-0.39, 0.29) is 13.2 Å². The summed E-state index contributed by atoms with van der Waals surface area (Å²) in [6.45, 7) is 5.89. The van der Waals surface area contributed by atoms with Crippen LogP contribution in [0.1, 0.15) is 38.3 Å². The molecular weight excluding hydrogens is 230 g/mol. The molecule has 0 spiro atoms. The second kappa shape index (κ2) is 5.38. The molecule has 2 heterocycles. The highest BCUT2D eigenvalue weighted by Gasteiger charge is 2.39. The number of hydrogen-bond acceptors (Lipinski definition) is 4. The van der Waals surface area contributed by atoms with Gasteiger partial charge in [0.2, 0.25) is 0 Å². The topological polar surface area (TPSA) is 61.5 Å². The Labute approximate surface area is 108 Å². The lowest BCUT2D eigenvalue weighted by atomic mass is 9.98. The Bertz CT molecular complexity index is 385. The highest BCUT2D eigenvalue weighted by Crippen LogP contribution is 2.30. The number of aliphatic hydroxyl groups excluding tert-OH is 2. The number of nitrogens with zero attached hydrogens (tertiary/aromatic N) is 3. The summed E-state index contributed by atoms with van der Waals surface area (Å²) >= 11 is 0. The smallest absolute Gasteiger partial charge is 0.0676 e. The maximum absolute atomic E-state index is 9.54. The van der Waals surface area contributed by atoms with E-state index in [1.807, 2.05) is 17.1 Å². The summed E-state index contributed by atoms with van der Waals surface area (Å²) in [7, 11) is 0. The molecule has 2 N–H and O–H groups in total. The first-order valence-corrected chi connectivity index (χ1v) is 6.61. The Morgan fingerprint density at radius 2 is 2.11 bits per heavy atom. The van der Waals surface area contributed by atoms with Crippen LogP contribution in [0.25, 0.3) is 0 Å². The highest BCUT2D eigenvalue weighted by molar-refractivity contribution is 5.07. The zero-order chi connectivity index (χ0) is 13.2. The van der Waals surface area contributed by atoms with Crippen LogP contribution in [0.2, 0.25) is 0 Å². The van der Waals surface area contributed by atoms with Gasteiger partial charge in [0.05, 0.1) is 24.9 Å². The molecule has 102 valence electrons. The van der Waals surface area contributed by atoms with Crippen molar-refractivity contribution in [2.75, 3.05) is 19.8 Å². The number of rotatable bonds is 5. The third kappa shape index (κ3) is 2.43. The molecule has 5 nitrogen and oxygen atoms in total. The molecular formula is C13H23N3O2. The van der Waals surface area contributed by atoms with Crippen LogP contribution in [0.15, 0.2) is 12.4 Å². The molecule has 0 saturated carbocycles. The second-order valence-electron chi connectivity index (χ2n) is 5.49. The molecule has 0 aliphatic carbocycles.